The molecule has 1 aliphatic heterocycles. The van der Waals surface area contributed by atoms with Crippen LogP contribution in [0, 0.1) is 12.8 Å². The Balaban J connectivity index is 1.50. The number of likely N-dealkylation sites (tertiary alicyclic amines) is 1. The lowest BCUT2D eigenvalue weighted by molar-refractivity contribution is -0.921. The summed E-state index contributed by atoms with van der Waals surface area (Å²) in [6.45, 7) is 6.91. The molecule has 150 valence electrons. The molecule has 6 nitrogen and oxygen atoms in total. The molecular weight excluding hydrogens is 374 g/mol. The number of nitrogens with zero attached hydrogens (tertiary/aromatic N) is 1. The Morgan fingerprint density at radius 2 is 2.11 bits per heavy atom. The highest BCUT2D eigenvalue weighted by atomic mass is 32.1. The number of aryl methyl sites for hydroxylation is 1. The third-order valence-corrected chi connectivity index (χ3v) is 5.81. The fraction of sp³-hybridized carbons (Fsp3) is 0.476. The Hall–Kier alpha value is -2.25. The molecule has 2 atom stereocenters. The second-order valence-electron chi connectivity index (χ2n) is 7.30. The van der Waals surface area contributed by atoms with Crippen molar-refractivity contribution in [1.29, 1.82) is 0 Å². The van der Waals surface area contributed by atoms with Gasteiger partial charge in [-0.1, -0.05) is 17.7 Å². The van der Waals surface area contributed by atoms with Gasteiger partial charge in [-0.3, -0.25) is 9.59 Å². The molecule has 2 N–H and O–H groups in total. The van der Waals surface area contributed by atoms with Crippen LogP contribution >= 0.6 is 11.3 Å². The molecule has 3 rings (SSSR count). The molecule has 0 saturated carbocycles. The van der Waals surface area contributed by atoms with Crippen LogP contribution in [0.15, 0.2) is 29.6 Å². The van der Waals surface area contributed by atoms with Gasteiger partial charge in [-0.05, 0) is 38.8 Å². The van der Waals surface area contributed by atoms with Gasteiger partial charge < -0.3 is 15.0 Å². The molecule has 0 aliphatic carbocycles. The van der Waals surface area contributed by atoms with E-state index in [9.17, 15) is 9.59 Å². The van der Waals surface area contributed by atoms with Gasteiger partial charge in [-0.25, -0.2) is 4.98 Å². The van der Waals surface area contributed by atoms with Crippen molar-refractivity contribution < 1.29 is 19.2 Å². The maximum atomic E-state index is 12.2. The number of piperidine rings is 1. The quantitative estimate of drug-likeness (QED) is 0.695. The van der Waals surface area contributed by atoms with E-state index < -0.39 is 0 Å². The minimum Gasteiger partial charge on any atom is -0.466 e. The fourth-order valence-corrected chi connectivity index (χ4v) is 4.31. The van der Waals surface area contributed by atoms with E-state index in [4.69, 9.17) is 4.74 Å². The van der Waals surface area contributed by atoms with Gasteiger partial charge >= 0.3 is 5.97 Å². The highest BCUT2D eigenvalue weighted by molar-refractivity contribution is 7.09. The number of rotatable bonds is 7. The number of benzene rings is 1. The summed E-state index contributed by atoms with van der Waals surface area (Å²) >= 11 is 1.52. The number of quaternary nitrogens is 1. The van der Waals surface area contributed by atoms with Gasteiger partial charge in [0.1, 0.15) is 23.2 Å². The Bertz CT molecular complexity index is 803. The molecule has 1 aromatic carbocycles. The molecule has 2 heterocycles. The second kappa shape index (κ2) is 9.80. The highest BCUT2D eigenvalue weighted by Crippen LogP contribution is 2.14. The van der Waals surface area contributed by atoms with Gasteiger partial charge in [-0.2, -0.15) is 0 Å². The summed E-state index contributed by atoms with van der Waals surface area (Å²) in [5.41, 5.74) is 2.95. The minimum atomic E-state index is -0.0774. The van der Waals surface area contributed by atoms with Gasteiger partial charge in [0.05, 0.1) is 26.1 Å². The normalized spacial score (nSPS) is 19.2. The Morgan fingerprint density at radius 1 is 1.32 bits per heavy atom. The van der Waals surface area contributed by atoms with Crippen LogP contribution in [0.2, 0.25) is 0 Å². The number of hydrogen-bond acceptors (Lipinski definition) is 5. The molecule has 1 saturated heterocycles. The van der Waals surface area contributed by atoms with Crippen molar-refractivity contribution in [3.63, 3.8) is 0 Å². The summed E-state index contributed by atoms with van der Waals surface area (Å²) in [5, 5.41) is 5.75. The second-order valence-corrected chi connectivity index (χ2v) is 8.24. The van der Waals surface area contributed by atoms with Gasteiger partial charge in [-0.15, -0.1) is 11.3 Å². The zero-order chi connectivity index (χ0) is 19.9. The van der Waals surface area contributed by atoms with Crippen molar-refractivity contribution in [2.75, 3.05) is 25.0 Å². The number of ether oxygens (including phenoxy) is 1. The lowest BCUT2D eigenvalue weighted by Gasteiger charge is -2.28. The van der Waals surface area contributed by atoms with Gasteiger partial charge in [0.25, 0.3) is 0 Å². The first kappa shape index (κ1) is 20.5. The predicted molar refractivity (Wildman–Crippen MR) is 109 cm³/mol. The van der Waals surface area contributed by atoms with Crippen molar-refractivity contribution >= 4 is 28.9 Å². The van der Waals surface area contributed by atoms with Crippen LogP contribution in [0.5, 0.6) is 0 Å². The first-order valence-corrected chi connectivity index (χ1v) is 10.7. The van der Waals surface area contributed by atoms with Crippen molar-refractivity contribution in [2.24, 2.45) is 5.92 Å². The maximum Gasteiger partial charge on any atom is 0.314 e. The summed E-state index contributed by atoms with van der Waals surface area (Å²) in [6.07, 6.45) is 2.21. The molecule has 1 fully saturated rings. The largest absolute Gasteiger partial charge is 0.466 e. The van der Waals surface area contributed by atoms with Crippen LogP contribution in [0.4, 0.5) is 5.69 Å². The third kappa shape index (κ3) is 5.87. The standard InChI is InChI=1S/C21H27N3O3S/c1-3-27-21(26)16-5-4-10-24(12-16)13-18-14-28-20(23-18)11-19(25)22-17-8-6-15(2)7-9-17/h6-9,14,16H,3-5,10-13H2,1-2H3,(H,22,25)/p+1/t16-/m1/s1. The van der Waals surface area contributed by atoms with E-state index in [2.05, 4.69) is 10.3 Å². The average molecular weight is 403 g/mol. The Kier molecular flexibility index (Phi) is 7.17. The summed E-state index contributed by atoms with van der Waals surface area (Å²) in [6, 6.07) is 7.75. The lowest BCUT2D eigenvalue weighted by atomic mass is 9.98. The molecule has 7 heteroatoms. The van der Waals surface area contributed by atoms with Crippen molar-refractivity contribution in [2.45, 2.75) is 39.7 Å². The Morgan fingerprint density at radius 3 is 2.86 bits per heavy atom. The number of esters is 1. The number of hydrogen-bond donors (Lipinski definition) is 2. The van der Waals surface area contributed by atoms with Crippen LogP contribution in [0.1, 0.15) is 36.0 Å². The molecule has 1 amide bonds. The van der Waals surface area contributed by atoms with E-state index in [1.807, 2.05) is 43.5 Å². The van der Waals surface area contributed by atoms with E-state index in [1.54, 1.807) is 0 Å². The summed E-state index contributed by atoms with van der Waals surface area (Å²) in [4.78, 5) is 30.2. The maximum absolute atomic E-state index is 12.2. The third-order valence-electron chi connectivity index (χ3n) is 4.92. The monoisotopic (exact) mass is 402 g/mol. The van der Waals surface area contributed by atoms with E-state index in [-0.39, 0.29) is 24.2 Å². The molecule has 1 aliphatic rings. The van der Waals surface area contributed by atoms with Gasteiger partial charge in [0.2, 0.25) is 5.91 Å². The van der Waals surface area contributed by atoms with E-state index in [0.717, 1.165) is 54.4 Å². The number of amides is 1. The summed E-state index contributed by atoms with van der Waals surface area (Å²) in [7, 11) is 0. The first-order chi connectivity index (χ1) is 13.5. The van der Waals surface area contributed by atoms with Crippen LogP contribution in [-0.4, -0.2) is 36.6 Å². The minimum absolute atomic E-state index is 0.0120. The molecule has 0 spiro atoms. The zero-order valence-electron chi connectivity index (χ0n) is 16.5. The molecule has 2 aromatic rings. The molecule has 0 bridgehead atoms. The van der Waals surface area contributed by atoms with Crippen LogP contribution in [0.25, 0.3) is 0 Å². The first-order valence-electron chi connectivity index (χ1n) is 9.83. The molecule has 1 unspecified atom stereocenters. The topological polar surface area (TPSA) is 72.7 Å². The van der Waals surface area contributed by atoms with Crippen molar-refractivity contribution in [3.05, 3.63) is 45.9 Å². The van der Waals surface area contributed by atoms with Gasteiger partial charge in [0.15, 0.2) is 0 Å². The number of thiazole rings is 1. The molecule has 1 aromatic heterocycles. The van der Waals surface area contributed by atoms with E-state index >= 15 is 0 Å². The number of carbonyl (C=O) groups excluding carboxylic acids is 2. The number of anilines is 1. The fourth-order valence-electron chi connectivity index (χ4n) is 3.52. The Labute approximate surface area is 169 Å². The lowest BCUT2D eigenvalue weighted by Crippen LogP contribution is -3.12. The van der Waals surface area contributed by atoms with E-state index in [0.29, 0.717) is 6.61 Å². The average Bonchev–Trinajstić information content (AvgIpc) is 3.10. The summed E-state index contributed by atoms with van der Waals surface area (Å²) in [5.74, 6) is -0.147. The summed E-state index contributed by atoms with van der Waals surface area (Å²) < 4.78 is 5.17. The van der Waals surface area contributed by atoms with Crippen molar-refractivity contribution in [3.8, 4) is 0 Å². The van der Waals surface area contributed by atoms with Crippen LogP contribution in [-0.2, 0) is 27.3 Å². The smallest absolute Gasteiger partial charge is 0.314 e. The molecule has 28 heavy (non-hydrogen) atoms. The van der Waals surface area contributed by atoms with E-state index in [1.165, 1.54) is 16.2 Å². The zero-order valence-corrected chi connectivity index (χ0v) is 17.3. The van der Waals surface area contributed by atoms with Crippen LogP contribution in [0.3, 0.4) is 0 Å². The molecular formula is C21H28N3O3S+. The van der Waals surface area contributed by atoms with Crippen molar-refractivity contribution in [1.82, 2.24) is 4.98 Å². The molecule has 0 radical (unpaired) electrons. The number of nitrogens with one attached hydrogen (secondary N) is 2. The highest BCUT2D eigenvalue weighted by Gasteiger charge is 2.30. The van der Waals surface area contributed by atoms with Crippen LogP contribution < -0.4 is 10.2 Å². The van der Waals surface area contributed by atoms with Gasteiger partial charge in [0, 0.05) is 11.1 Å². The predicted octanol–water partition coefficient (Wildman–Crippen LogP) is 1.99. The number of carbonyl (C=O) groups is 2. The number of aromatic nitrogens is 1. The SMILES string of the molecule is CCOC(=O)[C@@H]1CCC[NH+](Cc2csc(CC(=O)Nc3ccc(C)cc3)n2)C1.